The third kappa shape index (κ3) is 4.13. The van der Waals surface area contributed by atoms with Gasteiger partial charge in [-0.3, -0.25) is 9.59 Å². The minimum absolute atomic E-state index is 0.0184. The molecule has 120 valence electrons. The van der Waals surface area contributed by atoms with Gasteiger partial charge in [0, 0.05) is 18.7 Å². The van der Waals surface area contributed by atoms with Crippen LogP contribution in [-0.4, -0.2) is 24.4 Å². The summed E-state index contributed by atoms with van der Waals surface area (Å²) in [4.78, 5) is 24.4. The average molecular weight is 335 g/mol. The maximum absolute atomic E-state index is 12.9. The standard InChI is InChI=1S/C14H14ClF3N2O2/c1-8(21)20(7-13(22)19-9-2-3-9)10-4-5-12(15)11(6-10)14(16,17)18/h4-6,9H,2-3,7H2,1H3,(H,19,22). The van der Waals surface area contributed by atoms with Crippen LogP contribution in [-0.2, 0) is 15.8 Å². The SMILES string of the molecule is CC(=O)N(CC(=O)NC1CC1)c1ccc(Cl)c(C(F)(F)F)c1. The second-order valence-corrected chi connectivity index (χ2v) is 5.52. The number of nitrogens with one attached hydrogen (secondary N) is 1. The van der Waals surface area contributed by atoms with E-state index in [0.29, 0.717) is 0 Å². The number of halogens is 4. The zero-order valence-electron chi connectivity index (χ0n) is 11.7. The largest absolute Gasteiger partial charge is 0.417 e. The van der Waals surface area contributed by atoms with Gasteiger partial charge in [-0.2, -0.15) is 13.2 Å². The Bertz CT molecular complexity index is 600. The molecule has 1 aliphatic rings. The monoisotopic (exact) mass is 334 g/mol. The quantitative estimate of drug-likeness (QED) is 0.920. The topological polar surface area (TPSA) is 49.4 Å². The molecule has 0 atom stereocenters. The van der Waals surface area contributed by atoms with Crippen molar-refractivity contribution in [2.75, 3.05) is 11.4 Å². The molecule has 0 spiro atoms. The Morgan fingerprint density at radius 2 is 2.00 bits per heavy atom. The van der Waals surface area contributed by atoms with Crippen molar-refractivity contribution in [3.63, 3.8) is 0 Å². The van der Waals surface area contributed by atoms with Crippen LogP contribution in [0.2, 0.25) is 5.02 Å². The molecule has 1 saturated carbocycles. The highest BCUT2D eigenvalue weighted by Gasteiger charge is 2.34. The number of carbonyl (C=O) groups excluding carboxylic acids is 2. The van der Waals surface area contributed by atoms with Gasteiger partial charge in [0.25, 0.3) is 0 Å². The fourth-order valence-electron chi connectivity index (χ4n) is 1.93. The molecule has 0 aromatic heterocycles. The Kier molecular flexibility index (Phi) is 4.65. The third-order valence-electron chi connectivity index (χ3n) is 3.19. The van der Waals surface area contributed by atoms with Crippen molar-refractivity contribution in [1.29, 1.82) is 0 Å². The van der Waals surface area contributed by atoms with Crippen LogP contribution in [0, 0.1) is 0 Å². The molecule has 2 amide bonds. The number of carbonyl (C=O) groups is 2. The molecule has 0 bridgehead atoms. The van der Waals surface area contributed by atoms with Crippen LogP contribution >= 0.6 is 11.6 Å². The van der Waals surface area contributed by atoms with Crippen molar-refractivity contribution in [2.45, 2.75) is 32.0 Å². The molecule has 0 unspecified atom stereocenters. The van der Waals surface area contributed by atoms with Crippen LogP contribution in [0.4, 0.5) is 18.9 Å². The molecule has 1 N–H and O–H groups in total. The molecular weight excluding hydrogens is 321 g/mol. The van der Waals surface area contributed by atoms with Crippen LogP contribution in [0.3, 0.4) is 0 Å². The van der Waals surface area contributed by atoms with Gasteiger partial charge in [-0.05, 0) is 31.0 Å². The van der Waals surface area contributed by atoms with Crippen molar-refractivity contribution >= 4 is 29.1 Å². The van der Waals surface area contributed by atoms with Gasteiger partial charge in [-0.15, -0.1) is 0 Å². The number of rotatable bonds is 4. The molecule has 0 radical (unpaired) electrons. The van der Waals surface area contributed by atoms with Gasteiger partial charge in [0.05, 0.1) is 10.6 Å². The lowest BCUT2D eigenvalue weighted by atomic mass is 10.1. The van der Waals surface area contributed by atoms with E-state index in [0.717, 1.165) is 29.9 Å². The third-order valence-corrected chi connectivity index (χ3v) is 3.52. The van der Waals surface area contributed by atoms with Crippen LogP contribution in [0.1, 0.15) is 25.3 Å². The summed E-state index contributed by atoms with van der Waals surface area (Å²) >= 11 is 5.55. The lowest BCUT2D eigenvalue weighted by molar-refractivity contribution is -0.137. The van der Waals surface area contributed by atoms with E-state index in [9.17, 15) is 22.8 Å². The Hall–Kier alpha value is -1.76. The minimum atomic E-state index is -4.63. The Morgan fingerprint density at radius 3 is 2.50 bits per heavy atom. The second kappa shape index (κ2) is 6.16. The van der Waals surface area contributed by atoms with Crippen molar-refractivity contribution in [3.05, 3.63) is 28.8 Å². The lowest BCUT2D eigenvalue weighted by Gasteiger charge is -2.22. The molecule has 0 aliphatic heterocycles. The zero-order valence-corrected chi connectivity index (χ0v) is 12.5. The number of anilines is 1. The highest BCUT2D eigenvalue weighted by molar-refractivity contribution is 6.31. The van der Waals surface area contributed by atoms with E-state index in [4.69, 9.17) is 11.6 Å². The number of amides is 2. The molecule has 8 heteroatoms. The molecule has 1 aromatic carbocycles. The van der Waals surface area contributed by atoms with Gasteiger partial charge in [-0.1, -0.05) is 11.6 Å². The van der Waals surface area contributed by atoms with Gasteiger partial charge in [0.2, 0.25) is 11.8 Å². The van der Waals surface area contributed by atoms with Crippen LogP contribution in [0.15, 0.2) is 18.2 Å². The first-order valence-corrected chi connectivity index (χ1v) is 7.00. The normalized spacial score (nSPS) is 14.6. The Morgan fingerprint density at radius 1 is 1.36 bits per heavy atom. The molecule has 0 heterocycles. The van der Waals surface area contributed by atoms with E-state index in [1.165, 1.54) is 13.0 Å². The van der Waals surface area contributed by atoms with Gasteiger partial charge in [0.1, 0.15) is 6.54 Å². The van der Waals surface area contributed by atoms with Crippen molar-refractivity contribution in [1.82, 2.24) is 5.32 Å². The number of benzene rings is 1. The summed E-state index contributed by atoms with van der Waals surface area (Å²) in [6.45, 7) is 0.858. The second-order valence-electron chi connectivity index (χ2n) is 5.11. The minimum Gasteiger partial charge on any atom is -0.352 e. The van der Waals surface area contributed by atoms with E-state index in [-0.39, 0.29) is 18.3 Å². The van der Waals surface area contributed by atoms with E-state index >= 15 is 0 Å². The van der Waals surface area contributed by atoms with Crippen LogP contribution in [0.25, 0.3) is 0 Å². The zero-order chi connectivity index (χ0) is 16.5. The molecule has 1 aromatic rings. The van der Waals surface area contributed by atoms with E-state index in [1.807, 2.05) is 0 Å². The molecular formula is C14H14ClF3N2O2. The van der Waals surface area contributed by atoms with E-state index in [1.54, 1.807) is 0 Å². The first-order chi connectivity index (χ1) is 10.2. The highest BCUT2D eigenvalue weighted by Crippen LogP contribution is 2.37. The van der Waals surface area contributed by atoms with Gasteiger partial charge < -0.3 is 10.2 Å². The summed E-state index contributed by atoms with van der Waals surface area (Å²) in [5.74, 6) is -0.928. The fourth-order valence-corrected chi connectivity index (χ4v) is 2.15. The van der Waals surface area contributed by atoms with Crippen molar-refractivity contribution in [3.8, 4) is 0 Å². The van der Waals surface area contributed by atoms with Gasteiger partial charge in [0.15, 0.2) is 0 Å². The maximum Gasteiger partial charge on any atom is 0.417 e. The summed E-state index contributed by atoms with van der Waals surface area (Å²) in [6, 6.07) is 3.23. The summed E-state index contributed by atoms with van der Waals surface area (Å²) in [5.41, 5.74) is -1.06. The van der Waals surface area contributed by atoms with Gasteiger partial charge >= 0.3 is 6.18 Å². The average Bonchev–Trinajstić information content (AvgIpc) is 3.19. The number of hydrogen-bond donors (Lipinski definition) is 1. The Labute approximate surface area is 130 Å². The Balaban J connectivity index is 2.24. The van der Waals surface area contributed by atoms with Gasteiger partial charge in [-0.25, -0.2) is 0 Å². The molecule has 1 fully saturated rings. The summed E-state index contributed by atoms with van der Waals surface area (Å²) in [5, 5.41) is 2.23. The van der Waals surface area contributed by atoms with Crippen molar-refractivity contribution in [2.24, 2.45) is 0 Å². The molecule has 4 nitrogen and oxygen atoms in total. The first kappa shape index (κ1) is 16.6. The van der Waals surface area contributed by atoms with Crippen LogP contribution in [0.5, 0.6) is 0 Å². The smallest absolute Gasteiger partial charge is 0.352 e. The first-order valence-electron chi connectivity index (χ1n) is 6.62. The highest BCUT2D eigenvalue weighted by atomic mass is 35.5. The number of nitrogens with zero attached hydrogens (tertiary/aromatic N) is 1. The molecule has 22 heavy (non-hydrogen) atoms. The molecule has 0 saturated heterocycles. The van der Waals surface area contributed by atoms with Crippen molar-refractivity contribution < 1.29 is 22.8 Å². The summed E-state index contributed by atoms with van der Waals surface area (Å²) in [7, 11) is 0. The predicted molar refractivity (Wildman–Crippen MR) is 75.6 cm³/mol. The summed E-state index contributed by atoms with van der Waals surface area (Å²) < 4.78 is 38.6. The fraction of sp³-hybridized carbons (Fsp3) is 0.429. The van der Waals surface area contributed by atoms with E-state index < -0.39 is 28.6 Å². The van der Waals surface area contributed by atoms with Crippen LogP contribution < -0.4 is 10.2 Å². The summed E-state index contributed by atoms with van der Waals surface area (Å²) in [6.07, 6.45) is -2.87. The molecule has 2 rings (SSSR count). The predicted octanol–water partition coefficient (Wildman–Crippen LogP) is 2.99. The number of alkyl halides is 3. The maximum atomic E-state index is 12.9. The van der Waals surface area contributed by atoms with E-state index in [2.05, 4.69) is 5.32 Å². The molecule has 1 aliphatic carbocycles. The number of hydrogen-bond acceptors (Lipinski definition) is 2. The lowest BCUT2D eigenvalue weighted by Crippen LogP contribution is -2.40.